The van der Waals surface area contributed by atoms with E-state index in [1.807, 2.05) is 0 Å². The summed E-state index contributed by atoms with van der Waals surface area (Å²) in [6, 6.07) is 4.45. The van der Waals surface area contributed by atoms with E-state index in [0.29, 0.717) is 12.1 Å². The average Bonchev–Trinajstić information content (AvgIpc) is 3.30. The van der Waals surface area contributed by atoms with Crippen LogP contribution < -0.4 is 15.4 Å². The molecule has 0 saturated heterocycles. The Hall–Kier alpha value is -2.29. The summed E-state index contributed by atoms with van der Waals surface area (Å²) in [5, 5.41) is 4.93. The Labute approximate surface area is 143 Å². The number of nitrogens with zero attached hydrogens (tertiary/aromatic N) is 1. The molecule has 6 nitrogen and oxygen atoms in total. The zero-order valence-electron chi connectivity index (χ0n) is 13.9. The molecule has 9 heteroatoms. The number of amides is 3. The lowest BCUT2D eigenvalue weighted by Gasteiger charge is -2.23. The Morgan fingerprint density at radius 3 is 2.40 bits per heavy atom. The smallest absolute Gasteiger partial charge is 0.406 e. The number of halogens is 3. The molecular weight excluding hydrogens is 339 g/mol. The predicted octanol–water partition coefficient (Wildman–Crippen LogP) is 2.39. The van der Waals surface area contributed by atoms with E-state index < -0.39 is 24.3 Å². The number of likely N-dealkylation sites (N-methyl/N-ethyl adjacent to an activating group) is 1. The molecular formula is C16H20F3N3O3. The van der Waals surface area contributed by atoms with E-state index in [4.69, 9.17) is 0 Å². The van der Waals surface area contributed by atoms with Crippen molar-refractivity contribution in [3.05, 3.63) is 29.8 Å². The van der Waals surface area contributed by atoms with E-state index in [0.717, 1.165) is 12.8 Å². The summed E-state index contributed by atoms with van der Waals surface area (Å²) >= 11 is 0. The van der Waals surface area contributed by atoms with Gasteiger partial charge in [-0.1, -0.05) is 12.1 Å². The number of hydrogen-bond acceptors (Lipinski definition) is 4. The van der Waals surface area contributed by atoms with Gasteiger partial charge in [-0.2, -0.15) is 0 Å². The summed E-state index contributed by atoms with van der Waals surface area (Å²) in [6.45, 7) is 1.96. The Morgan fingerprint density at radius 2 is 1.88 bits per heavy atom. The van der Waals surface area contributed by atoms with E-state index in [9.17, 15) is 22.8 Å². The molecule has 1 aromatic rings. The predicted molar refractivity (Wildman–Crippen MR) is 83.8 cm³/mol. The minimum absolute atomic E-state index is 0.151. The van der Waals surface area contributed by atoms with Crippen LogP contribution in [-0.2, 0) is 11.3 Å². The zero-order chi connectivity index (χ0) is 18.6. The molecule has 1 aliphatic carbocycles. The van der Waals surface area contributed by atoms with Gasteiger partial charge >= 0.3 is 12.4 Å². The maximum Gasteiger partial charge on any atom is 0.573 e. The largest absolute Gasteiger partial charge is 0.573 e. The summed E-state index contributed by atoms with van der Waals surface area (Å²) in [5.41, 5.74) is 0.708. The molecule has 0 spiro atoms. The first kappa shape index (κ1) is 19.0. The van der Waals surface area contributed by atoms with Crippen molar-refractivity contribution in [3.63, 3.8) is 0 Å². The van der Waals surface area contributed by atoms with E-state index in [1.54, 1.807) is 18.9 Å². The van der Waals surface area contributed by atoms with Gasteiger partial charge < -0.3 is 10.1 Å². The number of ether oxygens (including phenoxy) is 1. The van der Waals surface area contributed by atoms with Crippen LogP contribution in [0, 0.1) is 0 Å². The van der Waals surface area contributed by atoms with Crippen LogP contribution in [0.4, 0.5) is 18.0 Å². The van der Waals surface area contributed by atoms with Crippen molar-refractivity contribution >= 4 is 11.9 Å². The zero-order valence-corrected chi connectivity index (χ0v) is 13.9. The van der Waals surface area contributed by atoms with E-state index in [2.05, 4.69) is 15.4 Å². The highest BCUT2D eigenvalue weighted by molar-refractivity contribution is 5.96. The second-order valence-electron chi connectivity index (χ2n) is 6.02. The molecule has 1 aromatic carbocycles. The minimum atomic E-state index is -4.73. The molecule has 0 radical (unpaired) electrons. The van der Waals surface area contributed by atoms with Gasteiger partial charge in [0.25, 0.3) is 0 Å². The van der Waals surface area contributed by atoms with Crippen LogP contribution in [0.5, 0.6) is 5.75 Å². The van der Waals surface area contributed by atoms with Gasteiger partial charge in [0.1, 0.15) is 5.75 Å². The van der Waals surface area contributed by atoms with Gasteiger partial charge in [-0.25, -0.2) is 4.79 Å². The highest BCUT2D eigenvalue weighted by Gasteiger charge is 2.31. The van der Waals surface area contributed by atoms with E-state index in [-0.39, 0.29) is 11.8 Å². The first-order chi connectivity index (χ1) is 11.6. The summed E-state index contributed by atoms with van der Waals surface area (Å²) < 4.78 is 40.2. The molecule has 1 atom stereocenters. The number of alkyl halides is 3. The molecule has 3 amide bonds. The third-order valence-electron chi connectivity index (χ3n) is 3.78. The summed E-state index contributed by atoms with van der Waals surface area (Å²) in [5.74, 6) is -0.751. The summed E-state index contributed by atoms with van der Waals surface area (Å²) in [7, 11) is 1.68. The minimum Gasteiger partial charge on any atom is -0.406 e. The maximum absolute atomic E-state index is 12.1. The van der Waals surface area contributed by atoms with Crippen molar-refractivity contribution in [2.75, 3.05) is 7.05 Å². The molecule has 1 unspecified atom stereocenters. The fourth-order valence-corrected chi connectivity index (χ4v) is 2.09. The van der Waals surface area contributed by atoms with E-state index in [1.165, 1.54) is 24.3 Å². The van der Waals surface area contributed by atoms with E-state index >= 15 is 0 Å². The maximum atomic E-state index is 12.1. The molecule has 0 heterocycles. The average molecular weight is 359 g/mol. The number of rotatable bonds is 6. The lowest BCUT2D eigenvalue weighted by Crippen LogP contribution is -2.48. The van der Waals surface area contributed by atoms with Gasteiger partial charge in [0.2, 0.25) is 5.91 Å². The van der Waals surface area contributed by atoms with Crippen molar-refractivity contribution < 1.29 is 27.5 Å². The number of imide groups is 1. The lowest BCUT2D eigenvalue weighted by atomic mass is 10.2. The van der Waals surface area contributed by atoms with Crippen molar-refractivity contribution in [1.82, 2.24) is 15.5 Å². The van der Waals surface area contributed by atoms with Crippen molar-refractivity contribution in [3.8, 4) is 5.75 Å². The number of carbonyl (C=O) groups excluding carboxylic acids is 2. The van der Waals surface area contributed by atoms with Crippen LogP contribution in [0.15, 0.2) is 24.3 Å². The summed E-state index contributed by atoms with van der Waals surface area (Å²) in [4.78, 5) is 25.3. The monoisotopic (exact) mass is 359 g/mol. The second kappa shape index (κ2) is 7.73. The molecule has 138 valence electrons. The highest BCUT2D eigenvalue weighted by atomic mass is 19.4. The molecule has 0 aromatic heterocycles. The third-order valence-corrected chi connectivity index (χ3v) is 3.78. The fraction of sp³-hybridized carbons (Fsp3) is 0.500. The molecule has 1 fully saturated rings. The number of nitrogens with one attached hydrogen (secondary N) is 2. The normalized spacial score (nSPS) is 15.6. The Balaban J connectivity index is 1.83. The second-order valence-corrected chi connectivity index (χ2v) is 6.02. The van der Waals surface area contributed by atoms with Crippen molar-refractivity contribution in [2.24, 2.45) is 0 Å². The van der Waals surface area contributed by atoms with Crippen LogP contribution in [0.3, 0.4) is 0 Å². The van der Waals surface area contributed by atoms with Gasteiger partial charge in [0.05, 0.1) is 6.04 Å². The molecule has 1 aliphatic rings. The topological polar surface area (TPSA) is 70.7 Å². The van der Waals surface area contributed by atoms with Crippen LogP contribution in [-0.4, -0.2) is 42.3 Å². The van der Waals surface area contributed by atoms with Crippen LogP contribution in [0.25, 0.3) is 0 Å². The lowest BCUT2D eigenvalue weighted by molar-refractivity contribution is -0.274. The summed E-state index contributed by atoms with van der Waals surface area (Å²) in [6.07, 6.45) is -2.89. The number of benzene rings is 1. The first-order valence-corrected chi connectivity index (χ1v) is 7.80. The first-order valence-electron chi connectivity index (χ1n) is 7.80. The van der Waals surface area contributed by atoms with Gasteiger partial charge in [-0.05, 0) is 44.5 Å². The molecule has 1 saturated carbocycles. The Morgan fingerprint density at radius 1 is 1.28 bits per heavy atom. The van der Waals surface area contributed by atoms with Gasteiger partial charge in [-0.15, -0.1) is 13.2 Å². The third kappa shape index (κ3) is 6.61. The Kier molecular flexibility index (Phi) is 5.89. The van der Waals surface area contributed by atoms with Gasteiger partial charge in [-0.3, -0.25) is 15.0 Å². The van der Waals surface area contributed by atoms with Crippen molar-refractivity contribution in [2.45, 2.75) is 44.8 Å². The van der Waals surface area contributed by atoms with Crippen LogP contribution >= 0.6 is 0 Å². The highest BCUT2D eigenvalue weighted by Crippen LogP contribution is 2.23. The van der Waals surface area contributed by atoms with Crippen LogP contribution in [0.2, 0.25) is 0 Å². The fourth-order valence-electron chi connectivity index (χ4n) is 2.09. The SMILES string of the molecule is CC(C(=O)NC(=O)NC1CC1)N(C)Cc1ccc(OC(F)(F)F)cc1. The molecule has 0 bridgehead atoms. The quantitative estimate of drug-likeness (QED) is 0.818. The van der Waals surface area contributed by atoms with Crippen LogP contribution in [0.1, 0.15) is 25.3 Å². The molecule has 25 heavy (non-hydrogen) atoms. The van der Waals surface area contributed by atoms with Crippen molar-refractivity contribution in [1.29, 1.82) is 0 Å². The van der Waals surface area contributed by atoms with Gasteiger partial charge in [0, 0.05) is 12.6 Å². The van der Waals surface area contributed by atoms with Gasteiger partial charge in [0.15, 0.2) is 0 Å². The molecule has 2 N–H and O–H groups in total. The molecule has 2 rings (SSSR count). The number of carbonyl (C=O) groups is 2. The Bertz CT molecular complexity index is 615. The standard InChI is InChI=1S/C16H20F3N3O3/c1-10(14(23)21-15(24)20-12-5-6-12)22(2)9-11-3-7-13(8-4-11)25-16(17,18)19/h3-4,7-8,10,12H,5-6,9H2,1-2H3,(H2,20,21,23,24). The number of urea groups is 1. The number of hydrogen-bond donors (Lipinski definition) is 2. The molecule has 0 aliphatic heterocycles.